The Morgan fingerprint density at radius 1 is 1.21 bits per heavy atom. The minimum atomic E-state index is -0.317. The van der Waals surface area contributed by atoms with E-state index in [1.165, 1.54) is 0 Å². The largest absolute Gasteiger partial charge is 0.336 e. The third-order valence-corrected chi connectivity index (χ3v) is 5.51. The van der Waals surface area contributed by atoms with Crippen molar-refractivity contribution in [1.29, 1.82) is 0 Å². The van der Waals surface area contributed by atoms with E-state index < -0.39 is 0 Å². The lowest BCUT2D eigenvalue weighted by atomic mass is 9.86. The molecule has 2 aliphatic heterocycles. The van der Waals surface area contributed by atoms with E-state index in [4.69, 9.17) is 11.6 Å². The molecule has 5 nitrogen and oxygen atoms in total. The van der Waals surface area contributed by atoms with Crippen molar-refractivity contribution < 1.29 is 9.59 Å². The van der Waals surface area contributed by atoms with Gasteiger partial charge in [0.15, 0.2) is 0 Å². The number of hydrogen-bond acceptors (Lipinski definition) is 4. The Hall–Kier alpha value is -1.43. The van der Waals surface area contributed by atoms with Crippen LogP contribution in [0.2, 0.25) is 5.02 Å². The molecule has 3 rings (SSSR count). The van der Waals surface area contributed by atoms with Crippen molar-refractivity contribution in [2.45, 2.75) is 44.7 Å². The SMILES string of the molecule is CCC(=O)C(=O)N1CCC(C2CC(c3ccccc3Cl)NN2)CC1. The van der Waals surface area contributed by atoms with Crippen LogP contribution in [0, 0.1) is 5.92 Å². The second-order valence-electron chi connectivity index (χ2n) is 6.61. The summed E-state index contributed by atoms with van der Waals surface area (Å²) in [5, 5.41) is 0.788. The van der Waals surface area contributed by atoms with E-state index in [-0.39, 0.29) is 24.2 Å². The van der Waals surface area contributed by atoms with E-state index in [0.29, 0.717) is 25.0 Å². The van der Waals surface area contributed by atoms with Crippen molar-refractivity contribution in [2.24, 2.45) is 5.92 Å². The first-order valence-electron chi connectivity index (χ1n) is 8.67. The highest BCUT2D eigenvalue weighted by atomic mass is 35.5. The number of Topliss-reactive ketones (excluding diaryl/α,β-unsaturated/α-hetero) is 1. The van der Waals surface area contributed by atoms with Crippen LogP contribution in [0.15, 0.2) is 24.3 Å². The summed E-state index contributed by atoms with van der Waals surface area (Å²) in [5.74, 6) is -0.0962. The molecule has 0 saturated carbocycles. The molecule has 1 aromatic rings. The van der Waals surface area contributed by atoms with Crippen molar-refractivity contribution in [3.8, 4) is 0 Å². The Kier molecular flexibility index (Phi) is 5.54. The molecule has 2 fully saturated rings. The number of carbonyl (C=O) groups is 2. The van der Waals surface area contributed by atoms with Crippen LogP contribution in [0.25, 0.3) is 0 Å². The van der Waals surface area contributed by atoms with E-state index in [1.54, 1.807) is 11.8 Å². The zero-order valence-corrected chi connectivity index (χ0v) is 14.7. The zero-order chi connectivity index (χ0) is 17.1. The Morgan fingerprint density at radius 2 is 1.92 bits per heavy atom. The van der Waals surface area contributed by atoms with Gasteiger partial charge in [-0.25, -0.2) is 5.43 Å². The second-order valence-corrected chi connectivity index (χ2v) is 7.02. The molecule has 0 bridgehead atoms. The summed E-state index contributed by atoms with van der Waals surface area (Å²) in [7, 11) is 0. The molecule has 0 aliphatic carbocycles. The Bertz CT molecular complexity index is 614. The molecule has 2 atom stereocenters. The molecule has 24 heavy (non-hydrogen) atoms. The molecule has 1 aromatic carbocycles. The summed E-state index contributed by atoms with van der Waals surface area (Å²) in [6.45, 7) is 3.07. The smallest absolute Gasteiger partial charge is 0.289 e. The molecule has 6 heteroatoms. The van der Waals surface area contributed by atoms with Crippen LogP contribution < -0.4 is 10.9 Å². The monoisotopic (exact) mass is 349 g/mol. The van der Waals surface area contributed by atoms with Crippen molar-refractivity contribution in [3.05, 3.63) is 34.9 Å². The molecule has 2 heterocycles. The highest BCUT2D eigenvalue weighted by Gasteiger charge is 2.35. The number of nitrogens with one attached hydrogen (secondary N) is 2. The number of likely N-dealkylation sites (tertiary alicyclic amines) is 1. The Balaban J connectivity index is 1.54. The highest BCUT2D eigenvalue weighted by Crippen LogP contribution is 2.33. The van der Waals surface area contributed by atoms with Gasteiger partial charge in [0.25, 0.3) is 5.91 Å². The predicted octanol–water partition coefficient (Wildman–Crippen LogP) is 2.47. The first-order valence-corrected chi connectivity index (χ1v) is 9.05. The van der Waals surface area contributed by atoms with Gasteiger partial charge in [-0.05, 0) is 36.8 Å². The average Bonchev–Trinajstić information content (AvgIpc) is 3.11. The number of benzene rings is 1. The number of hydrazine groups is 1. The minimum absolute atomic E-state index is 0.213. The van der Waals surface area contributed by atoms with Crippen molar-refractivity contribution in [2.75, 3.05) is 13.1 Å². The number of amides is 1. The fourth-order valence-electron chi connectivity index (χ4n) is 3.68. The fourth-order valence-corrected chi connectivity index (χ4v) is 3.95. The van der Waals surface area contributed by atoms with Gasteiger partial charge < -0.3 is 4.90 Å². The van der Waals surface area contributed by atoms with Crippen LogP contribution in [-0.4, -0.2) is 35.7 Å². The Labute approximate surface area is 147 Å². The first-order chi connectivity index (χ1) is 11.6. The first kappa shape index (κ1) is 17.4. The molecule has 2 saturated heterocycles. The average molecular weight is 350 g/mol. The number of hydrogen-bond donors (Lipinski definition) is 2. The van der Waals surface area contributed by atoms with E-state index in [1.807, 2.05) is 18.2 Å². The van der Waals surface area contributed by atoms with Crippen LogP contribution >= 0.6 is 11.6 Å². The fraction of sp³-hybridized carbons (Fsp3) is 0.556. The summed E-state index contributed by atoms with van der Waals surface area (Å²) in [5.41, 5.74) is 7.88. The second kappa shape index (κ2) is 7.64. The van der Waals surface area contributed by atoms with Crippen LogP contribution in [0.1, 0.15) is 44.2 Å². The van der Waals surface area contributed by atoms with Crippen LogP contribution in [-0.2, 0) is 9.59 Å². The molecule has 2 N–H and O–H groups in total. The lowest BCUT2D eigenvalue weighted by molar-refractivity contribution is -0.145. The van der Waals surface area contributed by atoms with E-state index in [9.17, 15) is 9.59 Å². The number of ketones is 1. The maximum Gasteiger partial charge on any atom is 0.289 e. The molecule has 2 unspecified atom stereocenters. The summed E-state index contributed by atoms with van der Waals surface area (Å²) >= 11 is 6.29. The third kappa shape index (κ3) is 3.63. The molecule has 130 valence electrons. The van der Waals surface area contributed by atoms with E-state index in [0.717, 1.165) is 29.8 Å². The quantitative estimate of drug-likeness (QED) is 0.820. The predicted molar refractivity (Wildman–Crippen MR) is 93.5 cm³/mol. The molecule has 1 amide bonds. The van der Waals surface area contributed by atoms with Crippen LogP contribution in [0.4, 0.5) is 0 Å². The lowest BCUT2D eigenvalue weighted by Gasteiger charge is -2.34. The molecule has 0 spiro atoms. The number of halogens is 1. The van der Waals surface area contributed by atoms with E-state index in [2.05, 4.69) is 16.9 Å². The van der Waals surface area contributed by atoms with Crippen molar-refractivity contribution in [1.82, 2.24) is 15.8 Å². The van der Waals surface area contributed by atoms with E-state index >= 15 is 0 Å². The molecule has 0 aromatic heterocycles. The number of carbonyl (C=O) groups excluding carboxylic acids is 2. The zero-order valence-electron chi connectivity index (χ0n) is 13.9. The van der Waals surface area contributed by atoms with Gasteiger partial charge in [0, 0.05) is 36.6 Å². The van der Waals surface area contributed by atoms with Gasteiger partial charge in [-0.2, -0.15) is 0 Å². The standard InChI is InChI=1S/C18H24ClN3O2/c1-2-17(23)18(24)22-9-7-12(8-10-22)15-11-16(21-20-15)13-5-3-4-6-14(13)19/h3-6,12,15-16,20-21H,2,7-11H2,1H3. The third-order valence-electron chi connectivity index (χ3n) is 5.17. The molecule has 0 radical (unpaired) electrons. The summed E-state index contributed by atoms with van der Waals surface area (Å²) in [4.78, 5) is 25.2. The number of rotatable bonds is 4. The molecule has 2 aliphatic rings. The molecular weight excluding hydrogens is 326 g/mol. The normalized spacial score (nSPS) is 25.0. The van der Waals surface area contributed by atoms with Crippen LogP contribution in [0.3, 0.4) is 0 Å². The molecular formula is C18H24ClN3O2. The van der Waals surface area contributed by atoms with Gasteiger partial charge in [-0.3, -0.25) is 15.0 Å². The van der Waals surface area contributed by atoms with Gasteiger partial charge in [0.05, 0.1) is 0 Å². The van der Waals surface area contributed by atoms with Gasteiger partial charge in [-0.1, -0.05) is 36.7 Å². The highest BCUT2D eigenvalue weighted by molar-refractivity contribution is 6.35. The maximum absolute atomic E-state index is 12.0. The van der Waals surface area contributed by atoms with Crippen molar-refractivity contribution in [3.63, 3.8) is 0 Å². The lowest BCUT2D eigenvalue weighted by Crippen LogP contribution is -2.46. The summed E-state index contributed by atoms with van der Waals surface area (Å²) in [6, 6.07) is 8.50. The Morgan fingerprint density at radius 3 is 2.58 bits per heavy atom. The minimum Gasteiger partial charge on any atom is -0.336 e. The summed E-state index contributed by atoms with van der Waals surface area (Å²) in [6.07, 6.45) is 3.12. The summed E-state index contributed by atoms with van der Waals surface area (Å²) < 4.78 is 0. The van der Waals surface area contributed by atoms with Gasteiger partial charge in [-0.15, -0.1) is 0 Å². The van der Waals surface area contributed by atoms with Gasteiger partial charge in [0.1, 0.15) is 0 Å². The van der Waals surface area contributed by atoms with Gasteiger partial charge >= 0.3 is 0 Å². The van der Waals surface area contributed by atoms with Crippen molar-refractivity contribution >= 4 is 23.3 Å². The van der Waals surface area contributed by atoms with Crippen LogP contribution in [0.5, 0.6) is 0 Å². The topological polar surface area (TPSA) is 61.4 Å². The number of nitrogens with zero attached hydrogens (tertiary/aromatic N) is 1. The maximum atomic E-state index is 12.0. The number of piperidine rings is 1. The van der Waals surface area contributed by atoms with Gasteiger partial charge in [0.2, 0.25) is 5.78 Å².